The number of ether oxygens (including phenoxy) is 1. The van der Waals surface area contributed by atoms with Gasteiger partial charge in [-0.3, -0.25) is 0 Å². The van der Waals surface area contributed by atoms with E-state index in [0.29, 0.717) is 22.7 Å². The van der Waals surface area contributed by atoms with Gasteiger partial charge in [-0.15, -0.1) is 10.2 Å². The first-order chi connectivity index (χ1) is 11.1. The van der Waals surface area contributed by atoms with Gasteiger partial charge >= 0.3 is 0 Å². The Kier molecular flexibility index (Phi) is 4.20. The average molecular weight is 329 g/mol. The summed E-state index contributed by atoms with van der Waals surface area (Å²) in [4.78, 5) is 4.08. The zero-order chi connectivity index (χ0) is 16.2. The smallest absolute Gasteiger partial charge is 0.238 e. The minimum atomic E-state index is 0.312. The molecule has 0 radical (unpaired) electrons. The number of halogens is 1. The van der Waals surface area contributed by atoms with Crippen molar-refractivity contribution in [3.63, 3.8) is 0 Å². The average Bonchev–Trinajstić information content (AvgIpc) is 2.86. The van der Waals surface area contributed by atoms with Crippen LogP contribution in [-0.4, -0.2) is 26.1 Å². The first kappa shape index (κ1) is 15.0. The van der Waals surface area contributed by atoms with Crippen LogP contribution in [0, 0.1) is 6.92 Å². The van der Waals surface area contributed by atoms with E-state index in [1.54, 1.807) is 24.5 Å². The number of imidazole rings is 1. The Morgan fingerprint density at radius 1 is 1.26 bits per heavy atom. The minimum absolute atomic E-state index is 0.312. The Morgan fingerprint density at radius 3 is 2.83 bits per heavy atom. The van der Waals surface area contributed by atoms with E-state index in [9.17, 15) is 0 Å². The second-order valence-electron chi connectivity index (χ2n) is 4.70. The summed E-state index contributed by atoms with van der Waals surface area (Å²) in [5, 5.41) is 12.1. The van der Waals surface area contributed by atoms with Gasteiger partial charge in [0.2, 0.25) is 11.8 Å². The molecule has 23 heavy (non-hydrogen) atoms. The molecule has 0 saturated heterocycles. The van der Waals surface area contributed by atoms with Crippen LogP contribution in [0.1, 0.15) is 11.3 Å². The van der Waals surface area contributed by atoms with Gasteiger partial charge in [-0.2, -0.15) is 5.10 Å². The Hall–Kier alpha value is -2.93. The number of hydrogen-bond donors (Lipinski definition) is 1. The number of nitrogen functional groups attached to an aromatic ring is 1. The number of rotatable bonds is 4. The van der Waals surface area contributed by atoms with Gasteiger partial charge in [0, 0.05) is 6.07 Å². The fourth-order valence-electron chi connectivity index (χ4n) is 1.86. The third-order valence-corrected chi connectivity index (χ3v) is 3.06. The molecule has 2 heterocycles. The third kappa shape index (κ3) is 3.83. The third-order valence-electron chi connectivity index (χ3n) is 2.85. The van der Waals surface area contributed by atoms with Gasteiger partial charge in [0.05, 0.1) is 18.1 Å². The highest BCUT2D eigenvalue weighted by Gasteiger charge is 2.01. The van der Waals surface area contributed by atoms with Crippen LogP contribution in [0.25, 0.3) is 0 Å². The summed E-state index contributed by atoms with van der Waals surface area (Å²) in [7, 11) is 0. The van der Waals surface area contributed by atoms with E-state index in [4.69, 9.17) is 22.1 Å². The maximum Gasteiger partial charge on any atom is 0.238 e. The molecular weight excluding hydrogens is 316 g/mol. The highest BCUT2D eigenvalue weighted by molar-refractivity contribution is 6.29. The zero-order valence-electron chi connectivity index (χ0n) is 12.2. The maximum absolute atomic E-state index is 5.74. The normalized spacial score (nSPS) is 11.0. The lowest BCUT2D eigenvalue weighted by atomic mass is 10.2. The highest BCUT2D eigenvalue weighted by Crippen LogP contribution is 2.20. The van der Waals surface area contributed by atoms with E-state index in [-0.39, 0.29) is 0 Å². The molecule has 1 aromatic carbocycles. The van der Waals surface area contributed by atoms with Gasteiger partial charge in [-0.25, -0.2) is 9.66 Å². The van der Waals surface area contributed by atoms with Crippen LogP contribution in [-0.2, 0) is 0 Å². The van der Waals surface area contributed by atoms with Crippen molar-refractivity contribution in [3.8, 4) is 11.6 Å². The van der Waals surface area contributed by atoms with Crippen LogP contribution >= 0.6 is 11.6 Å². The fourth-order valence-corrected chi connectivity index (χ4v) is 1.96. The van der Waals surface area contributed by atoms with Crippen molar-refractivity contribution in [2.75, 3.05) is 5.73 Å². The lowest BCUT2D eigenvalue weighted by molar-refractivity contribution is 0.455. The van der Waals surface area contributed by atoms with Crippen molar-refractivity contribution in [2.24, 2.45) is 5.10 Å². The molecule has 2 N–H and O–H groups in total. The minimum Gasteiger partial charge on any atom is -0.438 e. The van der Waals surface area contributed by atoms with Gasteiger partial charge < -0.3 is 10.5 Å². The molecule has 0 atom stereocenters. The molecular formula is C15H13ClN6O. The van der Waals surface area contributed by atoms with E-state index >= 15 is 0 Å². The quantitative estimate of drug-likeness (QED) is 0.743. The molecule has 0 saturated carbocycles. The van der Waals surface area contributed by atoms with Crippen LogP contribution in [0.3, 0.4) is 0 Å². The Morgan fingerprint density at radius 2 is 2.13 bits per heavy atom. The van der Waals surface area contributed by atoms with Gasteiger partial charge in [0.25, 0.3) is 0 Å². The molecule has 0 fully saturated rings. The molecule has 2 aromatic heterocycles. The topological polar surface area (TPSA) is 91.2 Å². The predicted octanol–water partition coefficient (Wildman–Crippen LogP) is 2.89. The monoisotopic (exact) mass is 328 g/mol. The first-order valence-electron chi connectivity index (χ1n) is 6.73. The number of hydrogen-bond acceptors (Lipinski definition) is 6. The van der Waals surface area contributed by atoms with Crippen LogP contribution < -0.4 is 10.5 Å². The number of nitrogens with zero attached hydrogens (tertiary/aromatic N) is 5. The highest BCUT2D eigenvalue weighted by atomic mass is 35.5. The molecule has 0 unspecified atom stereocenters. The van der Waals surface area contributed by atoms with Crippen LogP contribution in [0.15, 0.2) is 47.7 Å². The summed E-state index contributed by atoms with van der Waals surface area (Å²) >= 11 is 5.69. The number of nitrogens with two attached hydrogens (primary N) is 1. The van der Waals surface area contributed by atoms with Crippen molar-refractivity contribution >= 4 is 23.8 Å². The summed E-state index contributed by atoms with van der Waals surface area (Å²) in [5.74, 6) is 1.31. The Balaban J connectivity index is 1.77. The number of aromatic nitrogens is 4. The van der Waals surface area contributed by atoms with Crippen molar-refractivity contribution in [3.05, 3.63) is 59.0 Å². The fraction of sp³-hybridized carbons (Fsp3) is 0.0667. The van der Waals surface area contributed by atoms with Crippen molar-refractivity contribution in [2.45, 2.75) is 6.92 Å². The summed E-state index contributed by atoms with van der Waals surface area (Å²) in [5.41, 5.74) is 7.38. The molecule has 0 amide bonds. The molecule has 0 aliphatic carbocycles. The number of anilines is 1. The standard InChI is InChI=1S/C15H13ClN6O/c1-10-9-22(15(17)19-10)18-8-11-3-2-4-12(7-11)23-14-6-5-13(16)20-21-14/h2-9H,1H3,(H2,17,19). The summed E-state index contributed by atoms with van der Waals surface area (Å²) < 4.78 is 7.12. The van der Waals surface area contributed by atoms with E-state index < -0.39 is 0 Å². The summed E-state index contributed by atoms with van der Waals surface area (Å²) in [6.07, 6.45) is 3.41. The largest absolute Gasteiger partial charge is 0.438 e. The van der Waals surface area contributed by atoms with Gasteiger partial charge in [0.1, 0.15) is 5.75 Å². The van der Waals surface area contributed by atoms with Gasteiger partial charge in [-0.05, 0) is 30.7 Å². The van der Waals surface area contributed by atoms with E-state index in [2.05, 4.69) is 20.3 Å². The Bertz CT molecular complexity index is 843. The summed E-state index contributed by atoms with van der Waals surface area (Å²) in [6, 6.07) is 10.6. The van der Waals surface area contributed by atoms with Crippen molar-refractivity contribution in [1.29, 1.82) is 0 Å². The molecule has 7 nitrogen and oxygen atoms in total. The van der Waals surface area contributed by atoms with E-state index in [0.717, 1.165) is 11.3 Å². The first-order valence-corrected chi connectivity index (χ1v) is 7.11. The Labute approximate surface area is 137 Å². The summed E-state index contributed by atoms with van der Waals surface area (Å²) in [6.45, 7) is 1.85. The number of aryl methyl sites for hydroxylation is 1. The molecule has 0 aliphatic rings. The molecule has 3 rings (SSSR count). The molecule has 0 bridgehead atoms. The van der Waals surface area contributed by atoms with Crippen molar-refractivity contribution < 1.29 is 4.74 Å². The van der Waals surface area contributed by atoms with E-state index in [1.165, 1.54) is 4.68 Å². The predicted molar refractivity (Wildman–Crippen MR) is 87.9 cm³/mol. The molecule has 8 heteroatoms. The van der Waals surface area contributed by atoms with Gasteiger partial charge in [-0.1, -0.05) is 23.7 Å². The lowest BCUT2D eigenvalue weighted by Gasteiger charge is -2.04. The molecule has 116 valence electrons. The number of benzene rings is 1. The van der Waals surface area contributed by atoms with Crippen LogP contribution in [0.2, 0.25) is 5.15 Å². The van der Waals surface area contributed by atoms with E-state index in [1.807, 2.05) is 31.2 Å². The second-order valence-corrected chi connectivity index (χ2v) is 5.09. The van der Waals surface area contributed by atoms with Crippen LogP contribution in [0.4, 0.5) is 5.95 Å². The molecule has 3 aromatic rings. The second kappa shape index (κ2) is 6.45. The molecule has 0 spiro atoms. The van der Waals surface area contributed by atoms with Gasteiger partial charge in [0.15, 0.2) is 5.15 Å². The van der Waals surface area contributed by atoms with Crippen LogP contribution in [0.5, 0.6) is 11.6 Å². The zero-order valence-corrected chi connectivity index (χ0v) is 13.0. The maximum atomic E-state index is 5.74. The lowest BCUT2D eigenvalue weighted by Crippen LogP contribution is -1.97. The van der Waals surface area contributed by atoms with Crippen molar-refractivity contribution in [1.82, 2.24) is 19.9 Å². The SMILES string of the molecule is Cc1cn(N=Cc2cccc(Oc3ccc(Cl)nn3)c2)c(N)n1. The molecule has 0 aliphatic heterocycles.